The summed E-state index contributed by atoms with van der Waals surface area (Å²) in [5, 5.41) is 4.96. The Labute approximate surface area is 209 Å². The molecule has 3 aromatic carbocycles. The Morgan fingerprint density at radius 3 is 2.69 bits per heavy atom. The van der Waals surface area contributed by atoms with Gasteiger partial charge in [-0.25, -0.2) is 4.98 Å². The van der Waals surface area contributed by atoms with Crippen LogP contribution in [0.1, 0.15) is 21.8 Å². The lowest BCUT2D eigenvalue weighted by Crippen LogP contribution is -2.35. The number of ether oxygens (including phenoxy) is 3. The molecule has 0 radical (unpaired) electrons. The van der Waals surface area contributed by atoms with E-state index in [0.29, 0.717) is 24.6 Å². The number of esters is 1. The quantitative estimate of drug-likeness (QED) is 0.252. The van der Waals surface area contributed by atoms with Gasteiger partial charge >= 0.3 is 5.97 Å². The number of aryl methyl sites for hydroxylation is 1. The molecule has 0 atom stereocenters. The van der Waals surface area contributed by atoms with Crippen molar-refractivity contribution in [1.29, 1.82) is 0 Å². The summed E-state index contributed by atoms with van der Waals surface area (Å²) in [6.07, 6.45) is 0.116. The van der Waals surface area contributed by atoms with Gasteiger partial charge in [0.05, 0.1) is 25.3 Å². The molecule has 5 rings (SSSR count). The normalized spacial score (nSPS) is 14.2. The molecule has 1 aliphatic heterocycles. The molecule has 0 saturated carbocycles. The molecule has 0 amide bonds. The number of carbonyl (C=O) groups is 1. The number of aromatic nitrogens is 1. The van der Waals surface area contributed by atoms with Crippen molar-refractivity contribution in [2.75, 3.05) is 26.3 Å². The van der Waals surface area contributed by atoms with Gasteiger partial charge in [-0.2, -0.15) is 0 Å². The second kappa shape index (κ2) is 11.0. The van der Waals surface area contributed by atoms with E-state index in [-0.39, 0.29) is 12.4 Å². The monoisotopic (exact) mass is 488 g/mol. The molecular weight excluding hydrogens is 460 g/mol. The smallest absolute Gasteiger partial charge is 0.317 e. The highest BCUT2D eigenvalue weighted by Gasteiger charge is 2.18. The Morgan fingerprint density at radius 2 is 1.86 bits per heavy atom. The third-order valence-corrected chi connectivity index (χ3v) is 6.89. The minimum Gasteiger partial charge on any atom is -0.486 e. The molecule has 0 bridgehead atoms. The third-order valence-electron chi connectivity index (χ3n) is 6.01. The highest BCUT2D eigenvalue weighted by Crippen LogP contribution is 2.30. The summed E-state index contributed by atoms with van der Waals surface area (Å²) in [4.78, 5) is 19.8. The zero-order valence-electron chi connectivity index (χ0n) is 19.7. The SMILES string of the molecule is Cc1ccc(OCc2nc(CC(=O)Oc3ccc4ccccc4c3CN3CCOCC3)cs2)cc1. The first-order valence-corrected chi connectivity index (χ1v) is 12.7. The van der Waals surface area contributed by atoms with E-state index < -0.39 is 0 Å². The van der Waals surface area contributed by atoms with Gasteiger partial charge in [-0.3, -0.25) is 9.69 Å². The average molecular weight is 489 g/mol. The number of benzene rings is 3. The predicted molar refractivity (Wildman–Crippen MR) is 137 cm³/mol. The van der Waals surface area contributed by atoms with Crippen molar-refractivity contribution in [3.05, 3.63) is 87.9 Å². The van der Waals surface area contributed by atoms with Gasteiger partial charge in [-0.15, -0.1) is 11.3 Å². The fraction of sp³-hybridized carbons (Fsp3) is 0.286. The molecule has 2 heterocycles. The van der Waals surface area contributed by atoms with Gasteiger partial charge in [0.2, 0.25) is 0 Å². The Hall–Kier alpha value is -3.26. The van der Waals surface area contributed by atoms with Crippen LogP contribution >= 0.6 is 11.3 Å². The Kier molecular flexibility index (Phi) is 7.37. The molecule has 1 saturated heterocycles. The predicted octanol–water partition coefficient (Wildman–Crippen LogP) is 5.16. The summed E-state index contributed by atoms with van der Waals surface area (Å²) < 4.78 is 17.2. The maximum Gasteiger partial charge on any atom is 0.317 e. The molecule has 35 heavy (non-hydrogen) atoms. The number of hydrogen-bond acceptors (Lipinski definition) is 7. The summed E-state index contributed by atoms with van der Waals surface area (Å²) in [5.41, 5.74) is 2.91. The molecule has 7 heteroatoms. The van der Waals surface area contributed by atoms with Crippen LogP contribution in [0.15, 0.2) is 66.0 Å². The number of hydrogen-bond donors (Lipinski definition) is 0. The fourth-order valence-corrected chi connectivity index (χ4v) is 4.85. The zero-order valence-corrected chi connectivity index (χ0v) is 20.6. The summed E-state index contributed by atoms with van der Waals surface area (Å²) in [6.45, 7) is 6.30. The summed E-state index contributed by atoms with van der Waals surface area (Å²) in [5.74, 6) is 1.09. The fourth-order valence-electron chi connectivity index (χ4n) is 4.14. The Bertz CT molecular complexity index is 1300. The largest absolute Gasteiger partial charge is 0.486 e. The first-order valence-electron chi connectivity index (χ1n) is 11.8. The van der Waals surface area contributed by atoms with E-state index in [1.807, 2.05) is 60.8 Å². The molecule has 4 aromatic rings. The van der Waals surface area contributed by atoms with E-state index in [1.54, 1.807) is 0 Å². The lowest BCUT2D eigenvalue weighted by Gasteiger charge is -2.27. The van der Waals surface area contributed by atoms with Gasteiger partial charge in [0.25, 0.3) is 0 Å². The third kappa shape index (κ3) is 6.06. The van der Waals surface area contributed by atoms with Crippen molar-refractivity contribution in [2.45, 2.75) is 26.5 Å². The van der Waals surface area contributed by atoms with Crippen molar-refractivity contribution >= 4 is 28.1 Å². The average Bonchev–Trinajstić information content (AvgIpc) is 3.33. The Morgan fingerprint density at radius 1 is 1.06 bits per heavy atom. The maximum atomic E-state index is 12.9. The lowest BCUT2D eigenvalue weighted by atomic mass is 10.0. The highest BCUT2D eigenvalue weighted by molar-refractivity contribution is 7.09. The number of thiazole rings is 1. The van der Waals surface area contributed by atoms with E-state index in [9.17, 15) is 4.79 Å². The lowest BCUT2D eigenvalue weighted by molar-refractivity contribution is -0.133. The van der Waals surface area contributed by atoms with Crippen LogP contribution in [0.4, 0.5) is 0 Å². The van der Waals surface area contributed by atoms with E-state index in [0.717, 1.165) is 53.4 Å². The molecule has 0 spiro atoms. The Balaban J connectivity index is 1.25. The number of nitrogens with zero attached hydrogens (tertiary/aromatic N) is 2. The second-order valence-electron chi connectivity index (χ2n) is 8.64. The standard InChI is InChI=1S/C28H28N2O4S/c1-20-6-9-23(10-7-20)33-18-27-29-22(19-35-27)16-28(31)34-26-11-8-21-4-2-3-5-24(21)25(26)17-30-12-14-32-15-13-30/h2-11,19H,12-18H2,1H3. The molecule has 0 N–H and O–H groups in total. The van der Waals surface area contributed by atoms with Crippen LogP contribution in [-0.2, 0) is 29.1 Å². The van der Waals surface area contributed by atoms with Gasteiger partial charge in [0.15, 0.2) is 0 Å². The van der Waals surface area contributed by atoms with Crippen molar-refractivity contribution < 1.29 is 19.0 Å². The van der Waals surface area contributed by atoms with E-state index in [4.69, 9.17) is 14.2 Å². The number of fused-ring (bicyclic) bond motifs is 1. The molecule has 180 valence electrons. The minimum absolute atomic E-state index is 0.116. The van der Waals surface area contributed by atoms with Crippen LogP contribution in [0.5, 0.6) is 11.5 Å². The second-order valence-corrected chi connectivity index (χ2v) is 9.58. The van der Waals surface area contributed by atoms with Crippen LogP contribution < -0.4 is 9.47 Å². The number of morpholine rings is 1. The maximum absolute atomic E-state index is 12.9. The van der Waals surface area contributed by atoms with Crippen LogP contribution in [0, 0.1) is 6.92 Å². The molecule has 0 unspecified atom stereocenters. The van der Waals surface area contributed by atoms with Crippen LogP contribution in [-0.4, -0.2) is 42.2 Å². The molecule has 0 aliphatic carbocycles. The van der Waals surface area contributed by atoms with Gasteiger partial charge in [0, 0.05) is 30.6 Å². The molecule has 1 fully saturated rings. The van der Waals surface area contributed by atoms with Crippen LogP contribution in [0.2, 0.25) is 0 Å². The van der Waals surface area contributed by atoms with Crippen molar-refractivity contribution in [3.63, 3.8) is 0 Å². The van der Waals surface area contributed by atoms with Crippen LogP contribution in [0.25, 0.3) is 10.8 Å². The highest BCUT2D eigenvalue weighted by atomic mass is 32.1. The van der Waals surface area contributed by atoms with E-state index in [2.05, 4.69) is 22.0 Å². The van der Waals surface area contributed by atoms with Crippen molar-refractivity contribution in [2.24, 2.45) is 0 Å². The topological polar surface area (TPSA) is 60.9 Å². The number of carbonyl (C=O) groups excluding carboxylic acids is 1. The number of rotatable bonds is 8. The first kappa shape index (κ1) is 23.5. The van der Waals surface area contributed by atoms with Gasteiger partial charge in [-0.1, -0.05) is 48.0 Å². The summed E-state index contributed by atoms with van der Waals surface area (Å²) in [6, 6.07) is 20.0. The first-order chi connectivity index (χ1) is 17.1. The zero-order chi connectivity index (χ0) is 24.0. The molecule has 6 nitrogen and oxygen atoms in total. The van der Waals surface area contributed by atoms with E-state index >= 15 is 0 Å². The molecular formula is C28H28N2O4S. The van der Waals surface area contributed by atoms with E-state index in [1.165, 1.54) is 16.9 Å². The summed E-state index contributed by atoms with van der Waals surface area (Å²) >= 11 is 1.49. The van der Waals surface area contributed by atoms with Crippen molar-refractivity contribution in [3.8, 4) is 11.5 Å². The van der Waals surface area contributed by atoms with Gasteiger partial charge < -0.3 is 14.2 Å². The van der Waals surface area contributed by atoms with Gasteiger partial charge in [0.1, 0.15) is 23.1 Å². The van der Waals surface area contributed by atoms with Gasteiger partial charge in [-0.05, 0) is 35.9 Å². The van der Waals surface area contributed by atoms with Crippen LogP contribution in [0.3, 0.4) is 0 Å². The molecule has 1 aromatic heterocycles. The van der Waals surface area contributed by atoms with Crippen molar-refractivity contribution in [1.82, 2.24) is 9.88 Å². The molecule has 1 aliphatic rings. The minimum atomic E-state index is -0.320. The summed E-state index contributed by atoms with van der Waals surface area (Å²) in [7, 11) is 0.